The third-order valence-corrected chi connectivity index (χ3v) is 7.96. The first-order chi connectivity index (χ1) is 14.1. The van der Waals surface area contributed by atoms with Gasteiger partial charge < -0.3 is 5.32 Å². The molecule has 2 amide bonds. The van der Waals surface area contributed by atoms with Gasteiger partial charge in [0.1, 0.15) is 5.37 Å². The normalized spacial score (nSPS) is 21.9. The quantitative estimate of drug-likeness (QED) is 0.744. The van der Waals surface area contributed by atoms with E-state index >= 15 is 0 Å². The fourth-order valence-electron chi connectivity index (χ4n) is 5.03. The maximum Gasteiger partial charge on any atom is 0.401 e. The van der Waals surface area contributed by atoms with Crippen LogP contribution < -0.4 is 10.0 Å². The largest absolute Gasteiger partial charge is 0.401 e. The number of urea groups is 1. The van der Waals surface area contributed by atoms with Crippen molar-refractivity contribution < 1.29 is 26.4 Å². The molecule has 1 heterocycles. The third-order valence-electron chi connectivity index (χ3n) is 6.24. The van der Waals surface area contributed by atoms with Gasteiger partial charge in [-0.15, -0.1) is 0 Å². The van der Waals surface area contributed by atoms with Gasteiger partial charge in [0.2, 0.25) is 0 Å². The van der Waals surface area contributed by atoms with Crippen LogP contribution in [0.4, 0.5) is 23.7 Å². The Bertz CT molecular complexity index is 915. The molecule has 1 fully saturated rings. The highest BCUT2D eigenvalue weighted by molar-refractivity contribution is 7.90. The first kappa shape index (κ1) is 21.4. The van der Waals surface area contributed by atoms with Crippen LogP contribution in [0.15, 0.2) is 6.07 Å². The number of aryl methyl sites for hydroxylation is 2. The van der Waals surface area contributed by atoms with E-state index in [1.807, 2.05) is 4.72 Å². The molecule has 1 aromatic carbocycles. The molecule has 3 aliphatic rings. The molecule has 0 radical (unpaired) electrons. The molecule has 1 unspecified atom stereocenters. The number of amides is 2. The van der Waals surface area contributed by atoms with Crippen LogP contribution in [0.25, 0.3) is 0 Å². The van der Waals surface area contributed by atoms with Crippen molar-refractivity contribution in [1.29, 1.82) is 0 Å². The summed E-state index contributed by atoms with van der Waals surface area (Å²) in [5, 5.41) is 1.36. The van der Waals surface area contributed by atoms with Gasteiger partial charge in [0.25, 0.3) is 10.0 Å². The van der Waals surface area contributed by atoms with Crippen molar-refractivity contribution >= 4 is 21.7 Å². The summed E-state index contributed by atoms with van der Waals surface area (Å²) in [5.41, 5.74) is 5.19. The minimum Gasteiger partial charge on any atom is -0.307 e. The Morgan fingerprint density at radius 2 is 1.67 bits per heavy atom. The lowest BCUT2D eigenvalue weighted by atomic mass is 9.99. The second-order valence-electron chi connectivity index (χ2n) is 8.37. The number of piperidine rings is 1. The average Bonchev–Trinajstić information content (AvgIpc) is 3.29. The molecule has 0 bridgehead atoms. The Kier molecular flexibility index (Phi) is 5.73. The molecule has 0 aromatic heterocycles. The predicted octanol–water partition coefficient (Wildman–Crippen LogP) is 3.49. The lowest BCUT2D eigenvalue weighted by molar-refractivity contribution is -0.149. The first-order valence-electron chi connectivity index (χ1n) is 10.4. The number of alkyl halides is 3. The Labute approximate surface area is 174 Å². The van der Waals surface area contributed by atoms with Crippen molar-refractivity contribution in [1.82, 2.24) is 9.62 Å². The van der Waals surface area contributed by atoms with E-state index in [0.29, 0.717) is 18.5 Å². The number of nitrogens with one attached hydrogen (secondary N) is 2. The second-order valence-corrected chi connectivity index (χ2v) is 10.2. The number of rotatable bonds is 4. The van der Waals surface area contributed by atoms with Crippen molar-refractivity contribution in [3.8, 4) is 0 Å². The smallest absolute Gasteiger partial charge is 0.307 e. The number of carbonyl (C=O) groups is 1. The first-order valence-corrected chi connectivity index (χ1v) is 12.0. The Morgan fingerprint density at radius 3 is 2.27 bits per heavy atom. The molecule has 0 spiro atoms. The molecular weight excluding hydrogens is 419 g/mol. The molecule has 166 valence electrons. The molecule has 0 saturated carbocycles. The number of halogens is 3. The number of sulfonamides is 1. The lowest BCUT2D eigenvalue weighted by Crippen LogP contribution is -2.53. The Morgan fingerprint density at radius 1 is 1.03 bits per heavy atom. The highest BCUT2D eigenvalue weighted by Gasteiger charge is 2.41. The molecule has 1 aromatic rings. The predicted molar refractivity (Wildman–Crippen MR) is 107 cm³/mol. The summed E-state index contributed by atoms with van der Waals surface area (Å²) in [6.07, 6.45) is 2.06. The number of fused-ring (bicyclic) bond motifs is 2. The molecular formula is C20H26F3N3O3S. The van der Waals surface area contributed by atoms with Crippen LogP contribution in [-0.2, 0) is 35.7 Å². The van der Waals surface area contributed by atoms with Crippen LogP contribution in [0.1, 0.15) is 54.4 Å². The van der Waals surface area contributed by atoms with Gasteiger partial charge in [-0.25, -0.2) is 17.9 Å². The SMILES string of the molecule is O=C(Nc1c2c(cc3c1CCC3)CCC2)NS(=O)(=O)C1CCCCN1CC(F)(F)F. The van der Waals surface area contributed by atoms with Gasteiger partial charge in [-0.1, -0.05) is 6.07 Å². The molecule has 1 saturated heterocycles. The second kappa shape index (κ2) is 8.03. The van der Waals surface area contributed by atoms with Crippen LogP contribution in [-0.4, -0.2) is 44.0 Å². The molecule has 1 aliphatic heterocycles. The van der Waals surface area contributed by atoms with E-state index in [0.717, 1.165) is 54.6 Å². The molecule has 1 atom stereocenters. The number of likely N-dealkylation sites (tertiary alicyclic amines) is 1. The van der Waals surface area contributed by atoms with Gasteiger partial charge in [-0.05, 0) is 86.6 Å². The summed E-state index contributed by atoms with van der Waals surface area (Å²) < 4.78 is 66.1. The van der Waals surface area contributed by atoms with Gasteiger partial charge in [0.05, 0.1) is 6.54 Å². The zero-order valence-electron chi connectivity index (χ0n) is 16.6. The number of nitrogens with zero attached hydrogens (tertiary/aromatic N) is 1. The Hall–Kier alpha value is -1.81. The van der Waals surface area contributed by atoms with E-state index in [2.05, 4.69) is 11.4 Å². The number of hydrogen-bond donors (Lipinski definition) is 2. The van der Waals surface area contributed by atoms with Gasteiger partial charge in [-0.2, -0.15) is 13.2 Å². The molecule has 4 rings (SSSR count). The van der Waals surface area contributed by atoms with Crippen LogP contribution in [0.5, 0.6) is 0 Å². The van der Waals surface area contributed by atoms with Gasteiger partial charge in [-0.3, -0.25) is 4.90 Å². The zero-order valence-corrected chi connectivity index (χ0v) is 17.5. The van der Waals surface area contributed by atoms with Crippen molar-refractivity contribution in [2.45, 2.75) is 69.3 Å². The number of carbonyl (C=O) groups excluding carboxylic acids is 1. The summed E-state index contributed by atoms with van der Waals surface area (Å²) in [7, 11) is -4.29. The maximum absolute atomic E-state index is 12.9. The van der Waals surface area contributed by atoms with Gasteiger partial charge in [0.15, 0.2) is 0 Å². The van der Waals surface area contributed by atoms with Crippen LogP contribution in [0.3, 0.4) is 0 Å². The molecule has 30 heavy (non-hydrogen) atoms. The highest BCUT2D eigenvalue weighted by Crippen LogP contribution is 2.38. The highest BCUT2D eigenvalue weighted by atomic mass is 32.2. The third kappa shape index (κ3) is 4.44. The standard InChI is InChI=1S/C20H26F3N3O3S/c21-20(22,23)12-26-10-2-1-9-17(26)30(28,29)25-19(27)24-18-15-7-3-5-13(15)11-14-6-4-8-16(14)18/h11,17H,1-10,12H2,(H2,24,25,27). The molecule has 6 nitrogen and oxygen atoms in total. The number of anilines is 1. The van der Waals surface area contributed by atoms with Crippen LogP contribution in [0, 0.1) is 0 Å². The summed E-state index contributed by atoms with van der Waals surface area (Å²) in [4.78, 5) is 13.5. The van der Waals surface area contributed by atoms with E-state index in [-0.39, 0.29) is 13.0 Å². The van der Waals surface area contributed by atoms with Crippen molar-refractivity contribution in [3.63, 3.8) is 0 Å². The van der Waals surface area contributed by atoms with Crippen LogP contribution >= 0.6 is 0 Å². The van der Waals surface area contributed by atoms with E-state index in [1.165, 1.54) is 11.1 Å². The fourth-order valence-corrected chi connectivity index (χ4v) is 6.52. The topological polar surface area (TPSA) is 78.5 Å². The van der Waals surface area contributed by atoms with Gasteiger partial charge in [0, 0.05) is 5.69 Å². The van der Waals surface area contributed by atoms with Gasteiger partial charge >= 0.3 is 12.2 Å². The average molecular weight is 446 g/mol. The summed E-state index contributed by atoms with van der Waals surface area (Å²) in [6, 6.07) is 1.29. The van der Waals surface area contributed by atoms with Crippen LogP contribution in [0.2, 0.25) is 0 Å². The van der Waals surface area contributed by atoms with Crippen molar-refractivity contribution in [2.75, 3.05) is 18.4 Å². The Balaban J connectivity index is 1.52. The molecule has 2 aliphatic carbocycles. The summed E-state index contributed by atoms with van der Waals surface area (Å²) in [6.45, 7) is -1.27. The fraction of sp³-hybridized carbons (Fsp3) is 0.650. The van der Waals surface area contributed by atoms with Crippen molar-refractivity contribution in [3.05, 3.63) is 28.3 Å². The van der Waals surface area contributed by atoms with E-state index < -0.39 is 34.1 Å². The molecule has 10 heteroatoms. The summed E-state index contributed by atoms with van der Waals surface area (Å²) >= 11 is 0. The lowest BCUT2D eigenvalue weighted by Gasteiger charge is -2.35. The minimum atomic E-state index is -4.50. The van der Waals surface area contributed by atoms with E-state index in [4.69, 9.17) is 0 Å². The summed E-state index contributed by atoms with van der Waals surface area (Å²) in [5.74, 6) is 0. The van der Waals surface area contributed by atoms with Crippen molar-refractivity contribution in [2.24, 2.45) is 0 Å². The van der Waals surface area contributed by atoms with E-state index in [9.17, 15) is 26.4 Å². The maximum atomic E-state index is 12.9. The monoisotopic (exact) mass is 445 g/mol. The molecule has 2 N–H and O–H groups in total. The zero-order chi connectivity index (χ0) is 21.5. The minimum absolute atomic E-state index is 0.0341. The number of benzene rings is 1. The number of hydrogen-bond acceptors (Lipinski definition) is 4. The van der Waals surface area contributed by atoms with E-state index in [1.54, 1.807) is 0 Å².